The molecule has 2 aromatic carbocycles. The van der Waals surface area contributed by atoms with Crippen molar-refractivity contribution in [2.75, 3.05) is 11.9 Å². The highest BCUT2D eigenvalue weighted by Crippen LogP contribution is 2.55. The van der Waals surface area contributed by atoms with Gasteiger partial charge in [-0.1, -0.05) is 55.1 Å². The summed E-state index contributed by atoms with van der Waals surface area (Å²) in [5, 5.41) is 6.76. The van der Waals surface area contributed by atoms with Gasteiger partial charge < -0.3 is 25.0 Å². The highest BCUT2D eigenvalue weighted by Gasteiger charge is 2.72. The van der Waals surface area contributed by atoms with Gasteiger partial charge >= 0.3 is 0 Å². The Labute approximate surface area is 239 Å². The molecule has 0 unspecified atom stereocenters. The summed E-state index contributed by atoms with van der Waals surface area (Å²) in [6, 6.07) is 13.5. The minimum absolute atomic E-state index is 0.0746. The highest BCUT2D eigenvalue weighted by atomic mass is 35.5. The predicted octanol–water partition coefficient (Wildman–Crippen LogP) is 4.48. The molecule has 1 saturated carbocycles. The number of rotatable bonds is 8. The van der Waals surface area contributed by atoms with Crippen molar-refractivity contribution in [1.82, 2.24) is 10.2 Å². The molecule has 3 fully saturated rings. The average Bonchev–Trinajstić information content (AvgIpc) is 3.59. The number of likely N-dealkylation sites (tertiary alicyclic amines) is 1. The topological polar surface area (TPSA) is 97.0 Å². The van der Waals surface area contributed by atoms with Crippen molar-refractivity contribution in [3.63, 3.8) is 0 Å². The molecular formula is C31H34ClN3O5. The molecule has 3 aliphatic heterocycles. The van der Waals surface area contributed by atoms with Crippen LogP contribution in [0.15, 0.2) is 60.7 Å². The summed E-state index contributed by atoms with van der Waals surface area (Å²) in [4.78, 5) is 43.3. The molecule has 6 rings (SSSR count). The number of anilines is 1. The molecule has 1 spiro atoms. The SMILES string of the molecule is CCOc1ccc(NC(=O)[C@H]2[C@@H]3C=C[C@]4(O3)[C@@H]2C(=O)N(Cc2ccc(Cl)cc2)[C@@H]4C(=O)NC2CCCCC2)cc1. The van der Waals surface area contributed by atoms with E-state index >= 15 is 0 Å². The molecule has 0 radical (unpaired) electrons. The number of ether oxygens (including phenoxy) is 2. The Bertz CT molecular complexity index is 1310. The van der Waals surface area contributed by atoms with Crippen molar-refractivity contribution in [3.05, 3.63) is 71.3 Å². The molecule has 0 aromatic heterocycles. The van der Waals surface area contributed by atoms with Crippen molar-refractivity contribution in [2.24, 2.45) is 11.8 Å². The molecule has 8 nitrogen and oxygen atoms in total. The van der Waals surface area contributed by atoms with Crippen LogP contribution in [0.25, 0.3) is 0 Å². The van der Waals surface area contributed by atoms with Gasteiger partial charge in [-0.2, -0.15) is 0 Å². The van der Waals surface area contributed by atoms with E-state index in [1.54, 1.807) is 41.3 Å². The third kappa shape index (κ3) is 4.77. The van der Waals surface area contributed by atoms with Crippen LogP contribution in [0.3, 0.4) is 0 Å². The molecule has 210 valence electrons. The molecule has 2 bridgehead atoms. The van der Waals surface area contributed by atoms with E-state index in [9.17, 15) is 14.4 Å². The number of fused-ring (bicyclic) bond motifs is 1. The number of nitrogens with one attached hydrogen (secondary N) is 2. The number of nitrogens with zero attached hydrogens (tertiary/aromatic N) is 1. The van der Waals surface area contributed by atoms with Gasteiger partial charge in [-0.3, -0.25) is 14.4 Å². The fourth-order valence-electron chi connectivity index (χ4n) is 6.78. The third-order valence-corrected chi connectivity index (χ3v) is 8.83. The normalized spacial score (nSPS) is 28.9. The lowest BCUT2D eigenvalue weighted by Crippen LogP contribution is -2.56. The zero-order valence-electron chi connectivity index (χ0n) is 22.5. The highest BCUT2D eigenvalue weighted by molar-refractivity contribution is 6.30. The minimum atomic E-state index is -1.20. The molecule has 9 heteroatoms. The average molecular weight is 564 g/mol. The van der Waals surface area contributed by atoms with Gasteiger partial charge in [-0.05, 0) is 61.7 Å². The summed E-state index contributed by atoms with van der Waals surface area (Å²) in [6.07, 6.45) is 8.25. The Morgan fingerprint density at radius 3 is 2.48 bits per heavy atom. The molecule has 40 heavy (non-hydrogen) atoms. The van der Waals surface area contributed by atoms with Crippen LogP contribution in [0.5, 0.6) is 5.75 Å². The van der Waals surface area contributed by atoms with E-state index in [0.717, 1.165) is 31.2 Å². The van der Waals surface area contributed by atoms with Crippen LogP contribution >= 0.6 is 11.6 Å². The maximum atomic E-state index is 14.1. The lowest BCUT2D eigenvalue weighted by atomic mass is 9.74. The van der Waals surface area contributed by atoms with Crippen molar-refractivity contribution >= 4 is 35.0 Å². The first-order chi connectivity index (χ1) is 19.4. The Balaban J connectivity index is 1.29. The second kappa shape index (κ2) is 10.9. The van der Waals surface area contributed by atoms with Crippen LogP contribution in [-0.4, -0.2) is 53.0 Å². The summed E-state index contributed by atoms with van der Waals surface area (Å²) < 4.78 is 11.9. The number of benzene rings is 2. The molecule has 2 saturated heterocycles. The van der Waals surface area contributed by atoms with E-state index in [2.05, 4.69) is 10.6 Å². The van der Waals surface area contributed by atoms with Gasteiger partial charge in [0, 0.05) is 23.3 Å². The van der Waals surface area contributed by atoms with Crippen molar-refractivity contribution in [2.45, 2.75) is 69.4 Å². The zero-order chi connectivity index (χ0) is 27.9. The monoisotopic (exact) mass is 563 g/mol. The summed E-state index contributed by atoms with van der Waals surface area (Å²) in [5.41, 5.74) is 0.246. The van der Waals surface area contributed by atoms with Crippen LogP contribution in [0.4, 0.5) is 5.69 Å². The van der Waals surface area contributed by atoms with Gasteiger partial charge in [0.25, 0.3) is 0 Å². The summed E-state index contributed by atoms with van der Waals surface area (Å²) in [5.74, 6) is -1.64. The molecule has 4 aliphatic rings. The number of halogens is 1. The first kappa shape index (κ1) is 26.8. The van der Waals surface area contributed by atoms with Gasteiger partial charge in [0.2, 0.25) is 17.7 Å². The number of hydrogen-bond acceptors (Lipinski definition) is 5. The maximum Gasteiger partial charge on any atom is 0.246 e. The van der Waals surface area contributed by atoms with Crippen LogP contribution in [0.2, 0.25) is 5.02 Å². The molecular weight excluding hydrogens is 530 g/mol. The van der Waals surface area contributed by atoms with Gasteiger partial charge in [0.05, 0.1) is 24.5 Å². The smallest absolute Gasteiger partial charge is 0.246 e. The molecule has 2 N–H and O–H groups in total. The molecule has 2 aromatic rings. The van der Waals surface area contributed by atoms with Gasteiger partial charge in [0.1, 0.15) is 17.4 Å². The van der Waals surface area contributed by atoms with E-state index < -0.39 is 29.6 Å². The fraction of sp³-hybridized carbons (Fsp3) is 0.452. The lowest BCUT2D eigenvalue weighted by Gasteiger charge is -2.34. The second-order valence-corrected chi connectivity index (χ2v) is 11.5. The summed E-state index contributed by atoms with van der Waals surface area (Å²) >= 11 is 6.09. The van der Waals surface area contributed by atoms with Gasteiger partial charge in [-0.25, -0.2) is 0 Å². The quantitative estimate of drug-likeness (QED) is 0.462. The number of carbonyl (C=O) groups is 3. The Kier molecular flexibility index (Phi) is 7.31. The van der Waals surface area contributed by atoms with Gasteiger partial charge in [-0.15, -0.1) is 0 Å². The largest absolute Gasteiger partial charge is 0.494 e. The number of hydrogen-bond donors (Lipinski definition) is 2. The lowest BCUT2D eigenvalue weighted by molar-refractivity contribution is -0.142. The van der Waals surface area contributed by atoms with Crippen molar-refractivity contribution in [3.8, 4) is 5.75 Å². The van der Waals surface area contributed by atoms with Crippen molar-refractivity contribution < 1.29 is 23.9 Å². The van der Waals surface area contributed by atoms with Crippen LogP contribution < -0.4 is 15.4 Å². The van der Waals surface area contributed by atoms with E-state index in [4.69, 9.17) is 21.1 Å². The van der Waals surface area contributed by atoms with Crippen LogP contribution in [0.1, 0.15) is 44.6 Å². The number of amides is 3. The summed E-state index contributed by atoms with van der Waals surface area (Å²) in [7, 11) is 0. The van der Waals surface area contributed by atoms with E-state index in [0.29, 0.717) is 23.1 Å². The van der Waals surface area contributed by atoms with Crippen LogP contribution in [-0.2, 0) is 25.7 Å². The van der Waals surface area contributed by atoms with E-state index in [1.807, 2.05) is 31.2 Å². The minimum Gasteiger partial charge on any atom is -0.494 e. The molecule has 3 heterocycles. The number of carbonyl (C=O) groups excluding carboxylic acids is 3. The van der Waals surface area contributed by atoms with E-state index in [-0.39, 0.29) is 30.3 Å². The zero-order valence-corrected chi connectivity index (χ0v) is 23.2. The predicted molar refractivity (Wildman–Crippen MR) is 151 cm³/mol. The molecule has 1 aliphatic carbocycles. The standard InChI is InChI=1S/C31H34ClN3O5/c1-2-39-23-14-12-22(13-15-23)33-28(36)25-24-16-17-31(40-24)26(25)30(38)35(18-19-8-10-20(32)11-9-19)27(31)29(37)34-21-6-4-3-5-7-21/h8-17,21,24-27H,2-7,18H2,1H3,(H,33,36)(H,34,37)/t24-,25-,26-,27+,31-/m0/s1. The van der Waals surface area contributed by atoms with E-state index in [1.165, 1.54) is 6.42 Å². The van der Waals surface area contributed by atoms with Gasteiger partial charge in [0.15, 0.2) is 0 Å². The third-order valence-electron chi connectivity index (χ3n) is 8.58. The first-order valence-electron chi connectivity index (χ1n) is 14.2. The molecule has 5 atom stereocenters. The van der Waals surface area contributed by atoms with Crippen molar-refractivity contribution in [1.29, 1.82) is 0 Å². The Morgan fingerprint density at radius 2 is 1.77 bits per heavy atom. The van der Waals surface area contributed by atoms with Crippen LogP contribution in [0, 0.1) is 11.8 Å². The summed E-state index contributed by atoms with van der Waals surface area (Å²) in [6.45, 7) is 2.67. The molecule has 3 amide bonds. The Morgan fingerprint density at radius 1 is 1.05 bits per heavy atom. The first-order valence-corrected chi connectivity index (χ1v) is 14.5. The fourth-order valence-corrected chi connectivity index (χ4v) is 6.90. The second-order valence-electron chi connectivity index (χ2n) is 11.1. The Hall–Kier alpha value is -3.36. The maximum absolute atomic E-state index is 14.1.